The van der Waals surface area contributed by atoms with Crippen molar-refractivity contribution in [1.29, 1.82) is 0 Å². The zero-order chi connectivity index (χ0) is 18.8. The van der Waals surface area contributed by atoms with Gasteiger partial charge in [-0.1, -0.05) is 41.9 Å². The summed E-state index contributed by atoms with van der Waals surface area (Å²) in [7, 11) is 1.86. The highest BCUT2D eigenvalue weighted by Gasteiger charge is 2.45. The molecule has 144 valence electrons. The van der Waals surface area contributed by atoms with Crippen LogP contribution in [0.2, 0.25) is 5.02 Å². The molecule has 2 aliphatic rings. The predicted molar refractivity (Wildman–Crippen MR) is 107 cm³/mol. The van der Waals surface area contributed by atoms with Gasteiger partial charge in [-0.25, -0.2) is 0 Å². The SMILES string of the molecule is Cn1cc(Cl)c(CN(CCN2CCCC2)C(=O)[C@H]2C[C@H]2c2ccccc2)n1. The number of carbonyl (C=O) groups excluding carboxylic acids is 1. The lowest BCUT2D eigenvalue weighted by molar-refractivity contribution is -0.133. The van der Waals surface area contributed by atoms with Gasteiger partial charge < -0.3 is 9.80 Å². The van der Waals surface area contributed by atoms with Gasteiger partial charge in [0.05, 0.1) is 11.6 Å². The van der Waals surface area contributed by atoms with Gasteiger partial charge in [-0.2, -0.15) is 5.10 Å². The Bertz CT molecular complexity index is 785. The van der Waals surface area contributed by atoms with Crippen LogP contribution in [-0.2, 0) is 18.4 Å². The van der Waals surface area contributed by atoms with Crippen LogP contribution in [0.25, 0.3) is 0 Å². The van der Waals surface area contributed by atoms with Gasteiger partial charge in [0.25, 0.3) is 0 Å². The molecule has 1 aromatic carbocycles. The van der Waals surface area contributed by atoms with Crippen LogP contribution in [0, 0.1) is 5.92 Å². The number of carbonyl (C=O) groups is 1. The van der Waals surface area contributed by atoms with E-state index in [0.717, 1.165) is 38.3 Å². The minimum Gasteiger partial charge on any atom is -0.335 e. The monoisotopic (exact) mass is 386 g/mol. The Labute approximate surface area is 165 Å². The maximum Gasteiger partial charge on any atom is 0.226 e. The van der Waals surface area contributed by atoms with Gasteiger partial charge in [0, 0.05) is 32.3 Å². The highest BCUT2D eigenvalue weighted by atomic mass is 35.5. The summed E-state index contributed by atoms with van der Waals surface area (Å²) in [6, 6.07) is 10.4. The van der Waals surface area contributed by atoms with E-state index in [-0.39, 0.29) is 11.8 Å². The fourth-order valence-corrected chi connectivity index (χ4v) is 4.34. The maximum absolute atomic E-state index is 13.2. The summed E-state index contributed by atoms with van der Waals surface area (Å²) < 4.78 is 1.71. The third kappa shape index (κ3) is 4.36. The van der Waals surface area contributed by atoms with Gasteiger partial charge in [-0.3, -0.25) is 9.48 Å². The van der Waals surface area contributed by atoms with Crippen LogP contribution in [-0.4, -0.2) is 51.7 Å². The molecule has 27 heavy (non-hydrogen) atoms. The fraction of sp³-hybridized carbons (Fsp3) is 0.524. The van der Waals surface area contributed by atoms with Crippen molar-refractivity contribution >= 4 is 17.5 Å². The lowest BCUT2D eigenvalue weighted by atomic mass is 10.1. The number of nitrogens with zero attached hydrogens (tertiary/aromatic N) is 4. The minimum atomic E-state index is 0.0912. The largest absolute Gasteiger partial charge is 0.335 e. The normalized spacial score (nSPS) is 22.1. The Hall–Kier alpha value is -1.85. The van der Waals surface area contributed by atoms with E-state index in [0.29, 0.717) is 17.5 Å². The summed E-state index contributed by atoms with van der Waals surface area (Å²) in [6.07, 6.45) is 5.26. The van der Waals surface area contributed by atoms with Crippen molar-refractivity contribution in [2.75, 3.05) is 26.2 Å². The zero-order valence-electron chi connectivity index (χ0n) is 15.9. The molecule has 1 aromatic heterocycles. The van der Waals surface area contributed by atoms with Crippen molar-refractivity contribution < 1.29 is 4.79 Å². The van der Waals surface area contributed by atoms with Crippen LogP contribution in [0.4, 0.5) is 0 Å². The van der Waals surface area contributed by atoms with Gasteiger partial charge in [-0.15, -0.1) is 0 Å². The van der Waals surface area contributed by atoms with Crippen LogP contribution in [0.15, 0.2) is 36.5 Å². The Kier molecular flexibility index (Phi) is 5.50. The van der Waals surface area contributed by atoms with E-state index in [4.69, 9.17) is 11.6 Å². The molecule has 2 fully saturated rings. The van der Waals surface area contributed by atoms with Crippen molar-refractivity contribution in [3.8, 4) is 0 Å². The molecule has 1 saturated heterocycles. The quantitative estimate of drug-likeness (QED) is 0.733. The highest BCUT2D eigenvalue weighted by molar-refractivity contribution is 6.31. The van der Waals surface area contributed by atoms with E-state index in [1.807, 2.05) is 30.1 Å². The molecular formula is C21H27ClN4O. The second kappa shape index (κ2) is 8.03. The summed E-state index contributed by atoms with van der Waals surface area (Å²) in [5, 5.41) is 5.08. The van der Waals surface area contributed by atoms with Crippen LogP contribution >= 0.6 is 11.6 Å². The first kappa shape index (κ1) is 18.5. The molecule has 0 bridgehead atoms. The number of hydrogen-bond donors (Lipinski definition) is 0. The molecule has 0 unspecified atom stereocenters. The average molecular weight is 387 g/mol. The smallest absolute Gasteiger partial charge is 0.226 e. The van der Waals surface area contributed by atoms with Crippen LogP contribution < -0.4 is 0 Å². The number of amides is 1. The Morgan fingerprint density at radius 2 is 2.00 bits per heavy atom. The second-order valence-corrected chi connectivity index (χ2v) is 8.17. The first-order valence-electron chi connectivity index (χ1n) is 9.86. The number of benzene rings is 1. The topological polar surface area (TPSA) is 41.4 Å². The van der Waals surface area contributed by atoms with Crippen molar-refractivity contribution in [3.05, 3.63) is 52.8 Å². The van der Waals surface area contributed by atoms with E-state index in [1.54, 1.807) is 10.9 Å². The summed E-state index contributed by atoms with van der Waals surface area (Å²) in [4.78, 5) is 17.7. The number of aromatic nitrogens is 2. The minimum absolute atomic E-state index is 0.0912. The molecule has 0 N–H and O–H groups in total. The van der Waals surface area contributed by atoms with E-state index in [1.165, 1.54) is 18.4 Å². The van der Waals surface area contributed by atoms with Crippen LogP contribution in [0.5, 0.6) is 0 Å². The van der Waals surface area contributed by atoms with Gasteiger partial charge >= 0.3 is 0 Å². The van der Waals surface area contributed by atoms with Crippen LogP contribution in [0.1, 0.15) is 36.4 Å². The van der Waals surface area contributed by atoms with Crippen molar-refractivity contribution in [2.45, 2.75) is 31.7 Å². The molecule has 2 atom stereocenters. The Morgan fingerprint density at radius 1 is 1.26 bits per heavy atom. The molecular weight excluding hydrogens is 360 g/mol. The predicted octanol–water partition coefficient (Wildman–Crippen LogP) is 3.30. The Balaban J connectivity index is 1.45. The molecule has 5 nitrogen and oxygen atoms in total. The average Bonchev–Trinajstić information content (AvgIpc) is 3.17. The third-order valence-corrected chi connectivity index (χ3v) is 6.04. The summed E-state index contributed by atoms with van der Waals surface area (Å²) in [5.74, 6) is 0.686. The van der Waals surface area contributed by atoms with E-state index in [9.17, 15) is 4.79 Å². The lowest BCUT2D eigenvalue weighted by Gasteiger charge is -2.25. The first-order chi connectivity index (χ1) is 13.1. The number of likely N-dealkylation sites (tertiary alicyclic amines) is 1. The first-order valence-corrected chi connectivity index (χ1v) is 10.2. The van der Waals surface area contributed by atoms with E-state index >= 15 is 0 Å². The number of halogens is 1. The Morgan fingerprint density at radius 3 is 2.67 bits per heavy atom. The fourth-order valence-electron chi connectivity index (χ4n) is 4.10. The summed E-state index contributed by atoms with van der Waals surface area (Å²) >= 11 is 6.31. The van der Waals surface area contributed by atoms with E-state index < -0.39 is 0 Å². The van der Waals surface area contributed by atoms with Gasteiger partial charge in [0.15, 0.2) is 0 Å². The molecule has 0 spiro atoms. The number of rotatable bonds is 7. The number of hydrogen-bond acceptors (Lipinski definition) is 3. The molecule has 6 heteroatoms. The molecule has 1 aliphatic heterocycles. The van der Waals surface area contributed by atoms with Crippen molar-refractivity contribution in [2.24, 2.45) is 13.0 Å². The maximum atomic E-state index is 13.2. The second-order valence-electron chi connectivity index (χ2n) is 7.77. The molecule has 1 aliphatic carbocycles. The van der Waals surface area contributed by atoms with Gasteiger partial charge in [-0.05, 0) is 43.8 Å². The van der Waals surface area contributed by atoms with E-state index in [2.05, 4.69) is 22.1 Å². The molecule has 4 rings (SSSR count). The summed E-state index contributed by atoms with van der Waals surface area (Å²) in [5.41, 5.74) is 2.05. The van der Waals surface area contributed by atoms with Gasteiger partial charge in [0.2, 0.25) is 5.91 Å². The molecule has 0 radical (unpaired) electrons. The highest BCUT2D eigenvalue weighted by Crippen LogP contribution is 2.48. The molecule has 2 aromatic rings. The molecule has 1 amide bonds. The van der Waals surface area contributed by atoms with Crippen LogP contribution in [0.3, 0.4) is 0 Å². The van der Waals surface area contributed by atoms with Crippen molar-refractivity contribution in [3.63, 3.8) is 0 Å². The third-order valence-electron chi connectivity index (χ3n) is 5.73. The van der Waals surface area contributed by atoms with Gasteiger partial charge in [0.1, 0.15) is 5.69 Å². The zero-order valence-corrected chi connectivity index (χ0v) is 16.6. The molecule has 1 saturated carbocycles. The number of aryl methyl sites for hydroxylation is 1. The summed E-state index contributed by atoms with van der Waals surface area (Å²) in [6.45, 7) is 4.44. The van der Waals surface area contributed by atoms with Crippen molar-refractivity contribution in [1.82, 2.24) is 19.6 Å². The lowest BCUT2D eigenvalue weighted by Crippen LogP contribution is -2.38. The molecule has 2 heterocycles. The standard InChI is InChI=1S/C21H27ClN4O/c1-24-14-19(22)20(23-24)15-26(12-11-25-9-5-6-10-25)21(27)18-13-17(18)16-7-3-2-4-8-16/h2-4,7-8,14,17-18H,5-6,9-13,15H2,1H3/t17-,18-/m0/s1.